The van der Waals surface area contributed by atoms with Crippen LogP contribution in [0.3, 0.4) is 0 Å². The third-order valence-electron chi connectivity index (χ3n) is 5.53. The van der Waals surface area contributed by atoms with Gasteiger partial charge in [-0.15, -0.1) is 0 Å². The van der Waals surface area contributed by atoms with E-state index in [4.69, 9.17) is 15.9 Å². The second-order valence-corrected chi connectivity index (χ2v) is 8.41. The van der Waals surface area contributed by atoms with Crippen molar-refractivity contribution >= 4 is 29.7 Å². The fourth-order valence-electron chi connectivity index (χ4n) is 3.11. The molecular formula is C23H34N4O8. The standard InChI is InChI=1S/C23H34N4O8/c1-4-12(2)19(22(33)25-13(3)23(34)35)27-21(32)17(9-10-18(29)30)26-20(31)16(24)11-14-5-7-15(28)8-6-14/h5-8,12-13,16-17,19,28H,4,9-11,24H2,1-3H3,(H,25,33)(H,26,31)(H,27,32)(H,29,30)(H,34,35). The largest absolute Gasteiger partial charge is 0.508 e. The topological polar surface area (TPSA) is 208 Å². The van der Waals surface area contributed by atoms with E-state index in [1.165, 1.54) is 19.1 Å². The zero-order valence-electron chi connectivity index (χ0n) is 20.0. The summed E-state index contributed by atoms with van der Waals surface area (Å²) in [6.07, 6.45) is -0.102. The molecule has 0 fully saturated rings. The van der Waals surface area contributed by atoms with Crippen molar-refractivity contribution in [2.24, 2.45) is 11.7 Å². The van der Waals surface area contributed by atoms with Crippen LogP contribution in [-0.4, -0.2) is 69.1 Å². The Morgan fingerprint density at radius 1 is 0.914 bits per heavy atom. The summed E-state index contributed by atoms with van der Waals surface area (Å²) in [7, 11) is 0. The maximum atomic E-state index is 13.0. The molecule has 1 rings (SSSR count). The Morgan fingerprint density at radius 2 is 1.51 bits per heavy atom. The van der Waals surface area contributed by atoms with Gasteiger partial charge < -0.3 is 37.0 Å². The zero-order valence-corrected chi connectivity index (χ0v) is 20.0. The molecule has 1 aromatic carbocycles. The predicted molar refractivity (Wildman–Crippen MR) is 125 cm³/mol. The lowest BCUT2D eigenvalue weighted by Gasteiger charge is -2.27. The van der Waals surface area contributed by atoms with E-state index in [-0.39, 0.29) is 24.5 Å². The average molecular weight is 495 g/mol. The van der Waals surface area contributed by atoms with E-state index in [9.17, 15) is 29.1 Å². The number of aromatic hydroxyl groups is 1. The molecule has 0 bridgehead atoms. The van der Waals surface area contributed by atoms with Gasteiger partial charge in [0.05, 0.1) is 6.04 Å². The van der Waals surface area contributed by atoms with E-state index >= 15 is 0 Å². The van der Waals surface area contributed by atoms with Gasteiger partial charge in [-0.1, -0.05) is 32.4 Å². The van der Waals surface area contributed by atoms with Crippen LogP contribution in [0.4, 0.5) is 0 Å². The van der Waals surface area contributed by atoms with Gasteiger partial charge >= 0.3 is 11.9 Å². The van der Waals surface area contributed by atoms with E-state index in [0.717, 1.165) is 0 Å². The van der Waals surface area contributed by atoms with Gasteiger partial charge in [-0.3, -0.25) is 24.0 Å². The summed E-state index contributed by atoms with van der Waals surface area (Å²) in [4.78, 5) is 60.4. The zero-order chi connectivity index (χ0) is 26.7. The van der Waals surface area contributed by atoms with Crippen LogP contribution >= 0.6 is 0 Å². The number of carbonyl (C=O) groups is 5. The number of benzene rings is 1. The second-order valence-electron chi connectivity index (χ2n) is 8.41. The van der Waals surface area contributed by atoms with Gasteiger partial charge in [-0.2, -0.15) is 0 Å². The minimum absolute atomic E-state index is 0.0508. The van der Waals surface area contributed by atoms with E-state index < -0.39 is 60.2 Å². The summed E-state index contributed by atoms with van der Waals surface area (Å²) in [5.41, 5.74) is 6.62. The SMILES string of the molecule is CCC(C)C(NC(=O)C(CCC(=O)O)NC(=O)C(N)Cc1ccc(O)cc1)C(=O)NC(C)C(=O)O. The van der Waals surface area contributed by atoms with Crippen LogP contribution in [0.1, 0.15) is 45.6 Å². The fourth-order valence-corrected chi connectivity index (χ4v) is 3.11. The minimum Gasteiger partial charge on any atom is -0.508 e. The molecule has 0 aromatic heterocycles. The quantitative estimate of drug-likeness (QED) is 0.181. The molecule has 0 radical (unpaired) electrons. The van der Waals surface area contributed by atoms with E-state index in [1.807, 2.05) is 0 Å². The molecule has 0 aliphatic carbocycles. The second kappa shape index (κ2) is 13.9. The van der Waals surface area contributed by atoms with Crippen LogP contribution in [-0.2, 0) is 30.4 Å². The molecule has 0 aliphatic heterocycles. The third-order valence-corrected chi connectivity index (χ3v) is 5.53. The monoisotopic (exact) mass is 494 g/mol. The Kier molecular flexibility index (Phi) is 11.7. The normalized spacial score (nSPS) is 15.1. The number of rotatable bonds is 14. The summed E-state index contributed by atoms with van der Waals surface area (Å²) < 4.78 is 0. The molecule has 12 heteroatoms. The summed E-state index contributed by atoms with van der Waals surface area (Å²) in [5, 5.41) is 34.7. The van der Waals surface area contributed by atoms with E-state index in [0.29, 0.717) is 12.0 Å². The Balaban J connectivity index is 2.97. The van der Waals surface area contributed by atoms with Crippen LogP contribution < -0.4 is 21.7 Å². The third kappa shape index (κ3) is 10.0. The first-order chi connectivity index (χ1) is 16.3. The van der Waals surface area contributed by atoms with Crippen LogP contribution in [0, 0.1) is 5.92 Å². The molecule has 0 saturated heterocycles. The van der Waals surface area contributed by atoms with Gasteiger partial charge in [-0.05, 0) is 43.4 Å². The Morgan fingerprint density at radius 3 is 2.03 bits per heavy atom. The molecule has 5 atom stereocenters. The van der Waals surface area contributed by atoms with Crippen molar-refractivity contribution in [1.29, 1.82) is 0 Å². The molecule has 35 heavy (non-hydrogen) atoms. The van der Waals surface area contributed by atoms with Crippen LogP contribution in [0.25, 0.3) is 0 Å². The number of phenolic OH excluding ortho intramolecular Hbond substituents is 1. The molecule has 0 spiro atoms. The summed E-state index contributed by atoms with van der Waals surface area (Å²) in [6.45, 7) is 4.75. The molecule has 5 unspecified atom stereocenters. The molecule has 0 aliphatic rings. The highest BCUT2D eigenvalue weighted by atomic mass is 16.4. The molecule has 1 aromatic rings. The average Bonchev–Trinajstić information content (AvgIpc) is 2.80. The number of carboxylic acid groups (broad SMARTS) is 2. The number of nitrogens with one attached hydrogen (secondary N) is 3. The van der Waals surface area contributed by atoms with Crippen LogP contribution in [0.2, 0.25) is 0 Å². The van der Waals surface area contributed by atoms with Gasteiger partial charge in [0.1, 0.15) is 23.9 Å². The first-order valence-electron chi connectivity index (χ1n) is 11.2. The van der Waals surface area contributed by atoms with Crippen molar-refractivity contribution in [1.82, 2.24) is 16.0 Å². The molecular weight excluding hydrogens is 460 g/mol. The van der Waals surface area contributed by atoms with Crippen molar-refractivity contribution in [2.45, 2.75) is 70.6 Å². The highest BCUT2D eigenvalue weighted by Gasteiger charge is 2.32. The van der Waals surface area contributed by atoms with Gasteiger partial charge in [0, 0.05) is 6.42 Å². The van der Waals surface area contributed by atoms with Crippen molar-refractivity contribution in [2.75, 3.05) is 0 Å². The smallest absolute Gasteiger partial charge is 0.325 e. The molecule has 194 valence electrons. The van der Waals surface area contributed by atoms with Gasteiger partial charge in [0.15, 0.2) is 0 Å². The molecule has 8 N–H and O–H groups in total. The number of nitrogens with two attached hydrogens (primary N) is 1. The van der Waals surface area contributed by atoms with Crippen molar-refractivity contribution in [3.63, 3.8) is 0 Å². The van der Waals surface area contributed by atoms with Crippen LogP contribution in [0.15, 0.2) is 24.3 Å². The van der Waals surface area contributed by atoms with E-state index in [1.54, 1.807) is 26.0 Å². The number of hydrogen-bond acceptors (Lipinski definition) is 7. The van der Waals surface area contributed by atoms with Crippen molar-refractivity contribution < 1.29 is 39.3 Å². The molecule has 3 amide bonds. The highest BCUT2D eigenvalue weighted by Crippen LogP contribution is 2.12. The van der Waals surface area contributed by atoms with E-state index in [2.05, 4.69) is 16.0 Å². The highest BCUT2D eigenvalue weighted by molar-refractivity contribution is 5.94. The van der Waals surface area contributed by atoms with Gasteiger partial charge in [0.25, 0.3) is 0 Å². The fraction of sp³-hybridized carbons (Fsp3) is 0.522. The van der Waals surface area contributed by atoms with Crippen molar-refractivity contribution in [3.8, 4) is 5.75 Å². The number of amides is 3. The maximum absolute atomic E-state index is 13.0. The molecule has 12 nitrogen and oxygen atoms in total. The summed E-state index contributed by atoms with van der Waals surface area (Å²) in [6, 6.07) is 1.40. The van der Waals surface area contributed by atoms with Crippen LogP contribution in [0.5, 0.6) is 5.75 Å². The number of phenols is 1. The molecule has 0 heterocycles. The Labute approximate surface area is 203 Å². The Bertz CT molecular complexity index is 905. The maximum Gasteiger partial charge on any atom is 0.325 e. The lowest BCUT2D eigenvalue weighted by atomic mass is 9.97. The summed E-state index contributed by atoms with van der Waals surface area (Å²) >= 11 is 0. The number of aliphatic carboxylic acids is 2. The molecule has 0 saturated carbocycles. The minimum atomic E-state index is -1.29. The first kappa shape index (κ1) is 29.4. The summed E-state index contributed by atoms with van der Waals surface area (Å²) in [5.74, 6) is -4.97. The number of carbonyl (C=O) groups excluding carboxylic acids is 3. The lowest BCUT2D eigenvalue weighted by molar-refractivity contribution is -0.142. The number of carboxylic acids is 2. The Hall–Kier alpha value is -3.67. The first-order valence-corrected chi connectivity index (χ1v) is 11.2. The van der Waals surface area contributed by atoms with Crippen molar-refractivity contribution in [3.05, 3.63) is 29.8 Å². The van der Waals surface area contributed by atoms with Gasteiger partial charge in [-0.25, -0.2) is 0 Å². The predicted octanol–water partition coefficient (Wildman–Crippen LogP) is -0.268. The lowest BCUT2D eigenvalue weighted by Crippen LogP contribution is -2.58. The van der Waals surface area contributed by atoms with Gasteiger partial charge in [0.2, 0.25) is 17.7 Å². The number of hydrogen-bond donors (Lipinski definition) is 7.